The molecule has 0 atom stereocenters. The third-order valence-corrected chi connectivity index (χ3v) is 4.50. The number of carbonyl (C=O) groups is 1. The lowest BCUT2D eigenvalue weighted by molar-refractivity contribution is -0.384. The van der Waals surface area contributed by atoms with Gasteiger partial charge in [-0.2, -0.15) is 5.10 Å². The molecule has 0 fully saturated rings. The normalized spacial score (nSPS) is 11.0. The number of nitro benzene ring substituents is 1. The Morgan fingerprint density at radius 3 is 2.57 bits per heavy atom. The molecule has 0 aliphatic heterocycles. The van der Waals surface area contributed by atoms with E-state index >= 15 is 0 Å². The molecule has 7 nitrogen and oxygen atoms in total. The lowest BCUT2D eigenvalue weighted by Gasteiger charge is -2.09. The average molecular weight is 397 g/mol. The molecule has 0 saturated heterocycles. The van der Waals surface area contributed by atoms with E-state index in [1.807, 2.05) is 44.2 Å². The van der Waals surface area contributed by atoms with Crippen molar-refractivity contribution >= 4 is 29.4 Å². The van der Waals surface area contributed by atoms with Gasteiger partial charge in [-0.05, 0) is 50.2 Å². The summed E-state index contributed by atoms with van der Waals surface area (Å²) in [5, 5.41) is 15.5. The van der Waals surface area contributed by atoms with E-state index in [1.165, 1.54) is 24.3 Å². The molecule has 3 aromatic rings. The zero-order valence-corrected chi connectivity index (χ0v) is 16.0. The van der Waals surface area contributed by atoms with Crippen LogP contribution in [0.1, 0.15) is 27.3 Å². The van der Waals surface area contributed by atoms with Crippen molar-refractivity contribution in [1.29, 1.82) is 0 Å². The van der Waals surface area contributed by atoms with Crippen LogP contribution >= 0.6 is 11.6 Å². The van der Waals surface area contributed by atoms with Gasteiger partial charge >= 0.3 is 0 Å². The lowest BCUT2D eigenvalue weighted by atomic mass is 10.2. The molecule has 0 aliphatic rings. The molecule has 8 heteroatoms. The summed E-state index contributed by atoms with van der Waals surface area (Å²) in [6.45, 7) is 3.92. The Kier molecular flexibility index (Phi) is 5.56. The second-order valence-corrected chi connectivity index (χ2v) is 6.58. The quantitative estimate of drug-likeness (QED) is 0.393. The van der Waals surface area contributed by atoms with Crippen molar-refractivity contribution in [3.05, 3.63) is 92.2 Å². The van der Waals surface area contributed by atoms with Gasteiger partial charge in [-0.1, -0.05) is 17.7 Å². The first kappa shape index (κ1) is 19.3. The Hall–Kier alpha value is -3.45. The van der Waals surface area contributed by atoms with Crippen LogP contribution in [0.25, 0.3) is 5.69 Å². The van der Waals surface area contributed by atoms with Crippen molar-refractivity contribution in [2.75, 3.05) is 0 Å². The molecule has 1 N–H and O–H groups in total. The number of nitrogens with zero attached hydrogens (tertiary/aromatic N) is 3. The monoisotopic (exact) mass is 396 g/mol. The molecule has 1 heterocycles. The average Bonchev–Trinajstić information content (AvgIpc) is 2.96. The van der Waals surface area contributed by atoms with Crippen LogP contribution in [0, 0.1) is 24.0 Å². The number of nitro groups is 1. The fraction of sp³-hybridized carbons (Fsp3) is 0.100. The zero-order valence-electron chi connectivity index (χ0n) is 15.2. The van der Waals surface area contributed by atoms with Crippen LogP contribution in [0.15, 0.2) is 59.7 Å². The van der Waals surface area contributed by atoms with Crippen LogP contribution in [0.2, 0.25) is 5.02 Å². The fourth-order valence-corrected chi connectivity index (χ4v) is 3.02. The Labute approximate surface area is 166 Å². The van der Waals surface area contributed by atoms with Crippen molar-refractivity contribution in [1.82, 2.24) is 9.99 Å². The lowest BCUT2D eigenvalue weighted by Crippen LogP contribution is -2.17. The summed E-state index contributed by atoms with van der Waals surface area (Å²) in [6.07, 6.45) is 1.55. The third-order valence-electron chi connectivity index (χ3n) is 4.24. The second-order valence-electron chi connectivity index (χ2n) is 6.14. The number of benzene rings is 2. The smallest absolute Gasteiger partial charge is 0.271 e. The summed E-state index contributed by atoms with van der Waals surface area (Å²) in [7, 11) is 0. The van der Waals surface area contributed by atoms with Crippen LogP contribution < -0.4 is 5.43 Å². The van der Waals surface area contributed by atoms with Crippen LogP contribution in [0.4, 0.5) is 5.69 Å². The summed E-state index contributed by atoms with van der Waals surface area (Å²) in [5.74, 6) is -0.522. The van der Waals surface area contributed by atoms with Crippen LogP contribution in [-0.2, 0) is 0 Å². The van der Waals surface area contributed by atoms with E-state index in [-0.39, 0.29) is 11.3 Å². The predicted octanol–water partition coefficient (Wildman–Crippen LogP) is 4.42. The molecule has 0 radical (unpaired) electrons. The van der Waals surface area contributed by atoms with Crippen molar-refractivity contribution in [2.24, 2.45) is 5.10 Å². The summed E-state index contributed by atoms with van der Waals surface area (Å²) >= 11 is 5.95. The Bertz CT molecular complexity index is 1070. The van der Waals surface area contributed by atoms with E-state index in [2.05, 4.69) is 15.1 Å². The Morgan fingerprint density at radius 2 is 1.89 bits per heavy atom. The second kappa shape index (κ2) is 8.06. The number of rotatable bonds is 5. The standard InChI is InChI=1S/C20H17ClN4O3/c1-13-10-16(14(2)24(13)18-8-6-17(21)7-9-18)12-22-23-20(26)15-4-3-5-19(11-15)25(27)28/h3-12H,1-2H3,(H,23,26)/b22-12-. The first-order chi connectivity index (χ1) is 13.4. The fourth-order valence-electron chi connectivity index (χ4n) is 2.89. The minimum absolute atomic E-state index is 0.150. The number of carbonyl (C=O) groups excluding carboxylic acids is 1. The van der Waals surface area contributed by atoms with E-state index in [0.29, 0.717) is 5.02 Å². The summed E-state index contributed by atoms with van der Waals surface area (Å²) in [5.41, 5.74) is 6.18. The van der Waals surface area contributed by atoms with Gasteiger partial charge in [0.1, 0.15) is 0 Å². The van der Waals surface area contributed by atoms with Gasteiger partial charge in [0, 0.05) is 45.4 Å². The highest BCUT2D eigenvalue weighted by atomic mass is 35.5. The van der Waals surface area contributed by atoms with Gasteiger partial charge < -0.3 is 4.57 Å². The van der Waals surface area contributed by atoms with E-state index < -0.39 is 10.8 Å². The number of aromatic nitrogens is 1. The minimum atomic E-state index is -0.550. The molecule has 28 heavy (non-hydrogen) atoms. The third kappa shape index (κ3) is 4.10. The molecule has 0 unspecified atom stereocenters. The molecular weight excluding hydrogens is 380 g/mol. The van der Waals surface area contributed by atoms with Crippen molar-refractivity contribution < 1.29 is 9.72 Å². The molecule has 0 bridgehead atoms. The first-order valence-electron chi connectivity index (χ1n) is 8.39. The van der Waals surface area contributed by atoms with Crippen LogP contribution in [-0.4, -0.2) is 21.6 Å². The van der Waals surface area contributed by atoms with Gasteiger partial charge in [0.25, 0.3) is 11.6 Å². The maximum absolute atomic E-state index is 12.2. The van der Waals surface area contributed by atoms with Gasteiger partial charge in [-0.25, -0.2) is 5.43 Å². The Morgan fingerprint density at radius 1 is 1.18 bits per heavy atom. The largest absolute Gasteiger partial charge is 0.318 e. The maximum atomic E-state index is 12.2. The first-order valence-corrected chi connectivity index (χ1v) is 8.77. The molecule has 0 saturated carbocycles. The molecule has 142 valence electrons. The number of hydrazone groups is 1. The molecule has 1 amide bonds. The van der Waals surface area contributed by atoms with Crippen molar-refractivity contribution in [3.63, 3.8) is 0 Å². The zero-order chi connectivity index (χ0) is 20.3. The van der Waals surface area contributed by atoms with Crippen molar-refractivity contribution in [2.45, 2.75) is 13.8 Å². The molecule has 1 aromatic heterocycles. The highest BCUT2D eigenvalue weighted by molar-refractivity contribution is 6.30. The molecule has 0 spiro atoms. The number of hydrogen-bond donors (Lipinski definition) is 1. The van der Waals surface area contributed by atoms with Gasteiger partial charge in [0.2, 0.25) is 0 Å². The van der Waals surface area contributed by atoms with E-state index in [9.17, 15) is 14.9 Å². The van der Waals surface area contributed by atoms with E-state index in [0.717, 1.165) is 22.6 Å². The van der Waals surface area contributed by atoms with Crippen LogP contribution in [0.5, 0.6) is 0 Å². The number of amides is 1. The maximum Gasteiger partial charge on any atom is 0.271 e. The minimum Gasteiger partial charge on any atom is -0.318 e. The van der Waals surface area contributed by atoms with Crippen molar-refractivity contribution in [3.8, 4) is 5.69 Å². The summed E-state index contributed by atoms with van der Waals surface area (Å²) in [4.78, 5) is 22.4. The number of aryl methyl sites for hydroxylation is 1. The number of nitrogens with one attached hydrogen (secondary N) is 1. The number of hydrogen-bond acceptors (Lipinski definition) is 4. The van der Waals surface area contributed by atoms with Gasteiger partial charge in [0.15, 0.2) is 0 Å². The van der Waals surface area contributed by atoms with E-state index in [4.69, 9.17) is 11.6 Å². The number of halogens is 1. The molecule has 3 rings (SSSR count). The molecular formula is C20H17ClN4O3. The van der Waals surface area contributed by atoms with Gasteiger partial charge in [-0.3, -0.25) is 14.9 Å². The number of non-ortho nitro benzene ring substituents is 1. The van der Waals surface area contributed by atoms with Gasteiger partial charge in [-0.15, -0.1) is 0 Å². The summed E-state index contributed by atoms with van der Waals surface area (Å²) < 4.78 is 2.06. The highest BCUT2D eigenvalue weighted by Crippen LogP contribution is 2.21. The molecule has 0 aliphatic carbocycles. The SMILES string of the molecule is Cc1cc(/C=N\NC(=O)c2cccc([N+](=O)[O-])c2)c(C)n1-c1ccc(Cl)cc1. The Balaban J connectivity index is 1.77. The predicted molar refractivity (Wildman–Crippen MR) is 108 cm³/mol. The topological polar surface area (TPSA) is 89.5 Å². The van der Waals surface area contributed by atoms with Crippen LogP contribution in [0.3, 0.4) is 0 Å². The van der Waals surface area contributed by atoms with Gasteiger partial charge in [0.05, 0.1) is 11.1 Å². The summed E-state index contributed by atoms with van der Waals surface area (Å²) in [6, 6.07) is 14.9. The highest BCUT2D eigenvalue weighted by Gasteiger charge is 2.12. The molecule has 2 aromatic carbocycles. The van der Waals surface area contributed by atoms with E-state index in [1.54, 1.807) is 6.21 Å².